The molecule has 0 spiro atoms. The maximum Gasteiger partial charge on any atom is -0.0140 e. The molecule has 0 radical (unpaired) electrons. The molecule has 126 valence electrons. The Morgan fingerprint density at radius 3 is 2.36 bits per heavy atom. The average Bonchev–Trinajstić information content (AvgIpc) is 3.13. The molecular weight excluding hydrogens is 300 g/mol. The minimum absolute atomic E-state index is 0.770. The van der Waals surface area contributed by atoms with Gasteiger partial charge < -0.3 is 0 Å². The van der Waals surface area contributed by atoms with Crippen LogP contribution in [0.3, 0.4) is 0 Å². The molecule has 2 aliphatic rings. The van der Waals surface area contributed by atoms with Crippen molar-refractivity contribution in [3.05, 3.63) is 70.3 Å². The van der Waals surface area contributed by atoms with Crippen molar-refractivity contribution in [1.82, 2.24) is 0 Å². The Labute approximate surface area is 150 Å². The lowest BCUT2D eigenvalue weighted by atomic mass is 9.77. The van der Waals surface area contributed by atoms with E-state index in [0.29, 0.717) is 0 Å². The molecule has 3 aromatic rings. The Hall–Kier alpha value is -2.08. The molecule has 25 heavy (non-hydrogen) atoms. The zero-order chi connectivity index (χ0) is 17.0. The Bertz CT molecular complexity index is 971. The summed E-state index contributed by atoms with van der Waals surface area (Å²) in [5.74, 6) is 0.770. The maximum atomic E-state index is 2.47. The highest BCUT2D eigenvalue weighted by Gasteiger charge is 2.27. The van der Waals surface area contributed by atoms with Crippen LogP contribution in [0.4, 0.5) is 0 Å². The van der Waals surface area contributed by atoms with E-state index in [-0.39, 0.29) is 0 Å². The first-order chi connectivity index (χ1) is 12.2. The number of rotatable bonds is 1. The van der Waals surface area contributed by atoms with Gasteiger partial charge in [-0.25, -0.2) is 0 Å². The molecule has 0 aliphatic heterocycles. The molecule has 1 fully saturated rings. The van der Waals surface area contributed by atoms with E-state index < -0.39 is 0 Å². The standard InChI is InChI=1S/C25H26/c1-16-8-11-21-19(13-16)10-12-22-24(21)15-20-9-7-17(2)14-23(20)25(22)18-5-3-4-6-18/h7-9,11,13-15,18H,3-6,10,12H2,1-2H3. The van der Waals surface area contributed by atoms with Crippen molar-refractivity contribution in [2.24, 2.45) is 0 Å². The van der Waals surface area contributed by atoms with E-state index in [4.69, 9.17) is 0 Å². The van der Waals surface area contributed by atoms with Gasteiger partial charge in [-0.05, 0) is 90.1 Å². The lowest BCUT2D eigenvalue weighted by molar-refractivity contribution is 0.715. The van der Waals surface area contributed by atoms with Gasteiger partial charge in [0.05, 0.1) is 0 Å². The quantitative estimate of drug-likeness (QED) is 0.457. The van der Waals surface area contributed by atoms with Crippen molar-refractivity contribution < 1.29 is 0 Å². The van der Waals surface area contributed by atoms with Crippen molar-refractivity contribution in [3.8, 4) is 11.1 Å². The van der Waals surface area contributed by atoms with Gasteiger partial charge in [-0.15, -0.1) is 0 Å². The number of hydrogen-bond donors (Lipinski definition) is 0. The highest BCUT2D eigenvalue weighted by molar-refractivity contribution is 5.94. The Morgan fingerprint density at radius 1 is 0.760 bits per heavy atom. The molecule has 3 aromatic carbocycles. The fourth-order valence-corrected chi connectivity index (χ4v) is 5.22. The van der Waals surface area contributed by atoms with E-state index >= 15 is 0 Å². The first kappa shape index (κ1) is 15.2. The molecule has 0 bridgehead atoms. The third-order valence-corrected chi connectivity index (χ3v) is 6.41. The van der Waals surface area contributed by atoms with Gasteiger partial charge in [0.2, 0.25) is 0 Å². The summed E-state index contributed by atoms with van der Waals surface area (Å²) in [6.45, 7) is 4.44. The SMILES string of the molecule is Cc1ccc2c(c1)CCc1c-2cc2ccc(C)cc2c1C1CCCC1. The average molecular weight is 326 g/mol. The summed E-state index contributed by atoms with van der Waals surface area (Å²) < 4.78 is 0. The Morgan fingerprint density at radius 2 is 1.52 bits per heavy atom. The van der Waals surface area contributed by atoms with Crippen molar-refractivity contribution in [2.45, 2.75) is 58.3 Å². The Kier molecular flexibility index (Phi) is 3.48. The molecule has 0 unspecified atom stereocenters. The fourth-order valence-electron chi connectivity index (χ4n) is 5.22. The van der Waals surface area contributed by atoms with Crippen molar-refractivity contribution in [3.63, 3.8) is 0 Å². The summed E-state index contributed by atoms with van der Waals surface area (Å²) >= 11 is 0. The largest absolute Gasteiger partial charge is 0.0587 e. The van der Waals surface area contributed by atoms with Gasteiger partial charge in [-0.3, -0.25) is 0 Å². The highest BCUT2D eigenvalue weighted by atomic mass is 14.3. The first-order valence-electron chi connectivity index (χ1n) is 9.87. The van der Waals surface area contributed by atoms with Gasteiger partial charge in [0.1, 0.15) is 0 Å². The summed E-state index contributed by atoms with van der Waals surface area (Å²) in [5, 5.41) is 2.96. The topological polar surface area (TPSA) is 0 Å². The fraction of sp³-hybridized carbons (Fsp3) is 0.360. The molecule has 1 saturated carbocycles. The van der Waals surface area contributed by atoms with Gasteiger partial charge in [0, 0.05) is 0 Å². The summed E-state index contributed by atoms with van der Waals surface area (Å²) in [4.78, 5) is 0. The smallest absolute Gasteiger partial charge is 0.0140 e. The molecular formula is C25H26. The molecule has 0 heteroatoms. The normalized spacial score (nSPS) is 16.9. The lowest BCUT2D eigenvalue weighted by Crippen LogP contribution is -2.10. The second-order valence-electron chi connectivity index (χ2n) is 8.18. The van der Waals surface area contributed by atoms with E-state index in [2.05, 4.69) is 56.3 Å². The predicted octanol–water partition coefficient (Wildman–Crippen LogP) is 6.88. The van der Waals surface area contributed by atoms with Crippen LogP contribution in [0.25, 0.3) is 21.9 Å². The van der Waals surface area contributed by atoms with Crippen LogP contribution < -0.4 is 0 Å². The Balaban J connectivity index is 1.84. The molecule has 5 rings (SSSR count). The van der Waals surface area contributed by atoms with Crippen molar-refractivity contribution in [1.29, 1.82) is 0 Å². The number of aryl methyl sites for hydroxylation is 3. The summed E-state index contributed by atoms with van der Waals surface area (Å²) in [6, 6.07) is 16.6. The molecule has 0 amide bonds. The van der Waals surface area contributed by atoms with Crippen LogP contribution in [0.1, 0.15) is 59.4 Å². The van der Waals surface area contributed by atoms with Gasteiger partial charge in [0.25, 0.3) is 0 Å². The number of benzene rings is 3. The molecule has 0 atom stereocenters. The molecule has 0 heterocycles. The minimum atomic E-state index is 0.770. The van der Waals surface area contributed by atoms with Gasteiger partial charge in [-0.1, -0.05) is 60.4 Å². The molecule has 0 N–H and O–H groups in total. The van der Waals surface area contributed by atoms with Crippen LogP contribution in [0.15, 0.2) is 42.5 Å². The second-order valence-corrected chi connectivity index (χ2v) is 8.18. The number of fused-ring (bicyclic) bond motifs is 4. The zero-order valence-corrected chi connectivity index (χ0v) is 15.4. The van der Waals surface area contributed by atoms with Crippen LogP contribution >= 0.6 is 0 Å². The monoisotopic (exact) mass is 326 g/mol. The van der Waals surface area contributed by atoms with Crippen molar-refractivity contribution in [2.75, 3.05) is 0 Å². The van der Waals surface area contributed by atoms with E-state index in [1.54, 1.807) is 11.1 Å². The molecule has 2 aliphatic carbocycles. The summed E-state index contributed by atoms with van der Waals surface area (Å²) in [7, 11) is 0. The van der Waals surface area contributed by atoms with Gasteiger partial charge in [-0.2, -0.15) is 0 Å². The molecule has 0 nitrogen and oxygen atoms in total. The van der Waals surface area contributed by atoms with E-state index in [0.717, 1.165) is 5.92 Å². The van der Waals surface area contributed by atoms with Crippen LogP contribution in [0.2, 0.25) is 0 Å². The predicted molar refractivity (Wildman–Crippen MR) is 107 cm³/mol. The lowest BCUT2D eigenvalue weighted by Gasteiger charge is -2.27. The maximum absolute atomic E-state index is 2.47. The highest BCUT2D eigenvalue weighted by Crippen LogP contribution is 2.46. The summed E-state index contributed by atoms with van der Waals surface area (Å²) in [5.41, 5.74) is 10.7. The van der Waals surface area contributed by atoms with Crippen molar-refractivity contribution >= 4 is 10.8 Å². The minimum Gasteiger partial charge on any atom is -0.0587 e. The van der Waals surface area contributed by atoms with Crippen LogP contribution in [-0.4, -0.2) is 0 Å². The van der Waals surface area contributed by atoms with Crippen LogP contribution in [0, 0.1) is 13.8 Å². The van der Waals surface area contributed by atoms with E-state index in [1.807, 2.05) is 0 Å². The molecule has 0 aromatic heterocycles. The number of hydrogen-bond acceptors (Lipinski definition) is 0. The van der Waals surface area contributed by atoms with E-state index in [1.165, 1.54) is 77.1 Å². The van der Waals surface area contributed by atoms with E-state index in [9.17, 15) is 0 Å². The van der Waals surface area contributed by atoms with Crippen LogP contribution in [0.5, 0.6) is 0 Å². The third-order valence-electron chi connectivity index (χ3n) is 6.41. The van der Waals surface area contributed by atoms with Crippen LogP contribution in [-0.2, 0) is 12.8 Å². The first-order valence-corrected chi connectivity index (χ1v) is 9.87. The second kappa shape index (κ2) is 5.73. The zero-order valence-electron chi connectivity index (χ0n) is 15.4. The summed E-state index contributed by atoms with van der Waals surface area (Å²) in [6.07, 6.45) is 7.96. The molecule has 0 saturated heterocycles. The van der Waals surface area contributed by atoms with Gasteiger partial charge in [0.15, 0.2) is 0 Å². The third kappa shape index (κ3) is 2.42. The van der Waals surface area contributed by atoms with Gasteiger partial charge >= 0.3 is 0 Å².